The van der Waals surface area contributed by atoms with Crippen LogP contribution in [0.25, 0.3) is 22.3 Å². The summed E-state index contributed by atoms with van der Waals surface area (Å²) in [4.78, 5) is 21.1. The molecular formula is C29H24ClFN4O4. The maximum atomic E-state index is 15.4. The minimum Gasteiger partial charge on any atom is -0.465 e. The van der Waals surface area contributed by atoms with Crippen LogP contribution in [0.4, 0.5) is 4.39 Å². The first kappa shape index (κ1) is 27.5. The SMILES string of the molecule is C=C/C=C(/C#N)Oc1ccc(Cl)c(-c2ccc(Cc3nc4ccc(C(=O)OC)cc4n3CCOC)c(F)c2)n1. The average molecular weight is 547 g/mol. The fraction of sp³-hybridized carbons (Fsp3) is 0.172. The molecule has 10 heteroatoms. The number of nitriles is 1. The van der Waals surface area contributed by atoms with Gasteiger partial charge in [-0.25, -0.2) is 19.2 Å². The zero-order valence-corrected chi connectivity index (χ0v) is 22.0. The van der Waals surface area contributed by atoms with Crippen LogP contribution < -0.4 is 4.74 Å². The molecule has 2 heterocycles. The smallest absolute Gasteiger partial charge is 0.337 e. The molecule has 0 radical (unpaired) electrons. The van der Waals surface area contributed by atoms with Gasteiger partial charge in [0.25, 0.3) is 0 Å². The highest BCUT2D eigenvalue weighted by Crippen LogP contribution is 2.31. The third kappa shape index (κ3) is 6.14. The van der Waals surface area contributed by atoms with E-state index >= 15 is 4.39 Å². The average Bonchev–Trinajstić information content (AvgIpc) is 3.29. The van der Waals surface area contributed by atoms with E-state index in [4.69, 9.17) is 25.8 Å². The Morgan fingerprint density at radius 3 is 2.69 bits per heavy atom. The summed E-state index contributed by atoms with van der Waals surface area (Å²) in [5, 5.41) is 9.48. The number of hydrogen-bond donors (Lipinski definition) is 0. The van der Waals surface area contributed by atoms with Crippen molar-refractivity contribution in [1.82, 2.24) is 14.5 Å². The fourth-order valence-electron chi connectivity index (χ4n) is 3.99. The van der Waals surface area contributed by atoms with Crippen LogP contribution in [0.15, 0.2) is 73.0 Å². The molecule has 0 aliphatic heterocycles. The van der Waals surface area contributed by atoms with Crippen LogP contribution in [-0.4, -0.2) is 41.3 Å². The van der Waals surface area contributed by atoms with Gasteiger partial charge in [0.15, 0.2) is 0 Å². The van der Waals surface area contributed by atoms with Crippen molar-refractivity contribution in [3.8, 4) is 23.2 Å². The summed E-state index contributed by atoms with van der Waals surface area (Å²) < 4.78 is 32.9. The molecule has 0 bridgehead atoms. The number of esters is 1. The number of rotatable bonds is 10. The van der Waals surface area contributed by atoms with Crippen molar-refractivity contribution < 1.29 is 23.4 Å². The largest absolute Gasteiger partial charge is 0.465 e. The van der Waals surface area contributed by atoms with Gasteiger partial charge in [0.2, 0.25) is 11.6 Å². The number of benzene rings is 2. The van der Waals surface area contributed by atoms with Crippen molar-refractivity contribution in [2.45, 2.75) is 13.0 Å². The van der Waals surface area contributed by atoms with Crippen molar-refractivity contribution in [3.63, 3.8) is 0 Å². The number of carbonyl (C=O) groups is 1. The Balaban J connectivity index is 1.67. The van der Waals surface area contributed by atoms with E-state index in [0.29, 0.717) is 51.9 Å². The van der Waals surface area contributed by atoms with Gasteiger partial charge in [0.05, 0.1) is 41.0 Å². The van der Waals surface area contributed by atoms with E-state index in [2.05, 4.69) is 16.5 Å². The van der Waals surface area contributed by atoms with E-state index in [1.54, 1.807) is 43.5 Å². The summed E-state index contributed by atoms with van der Waals surface area (Å²) in [6.07, 6.45) is 3.02. The minimum atomic E-state index is -0.471. The standard InChI is InChI=1S/C29H24ClFN4O4/c1-4-5-21(17-32)39-27-11-9-22(30)28(34-27)19-7-6-18(23(31)14-19)16-26-33-24-10-8-20(29(36)38-3)15-25(24)35(26)12-13-37-2/h4-11,14-15H,1,12-13,16H2,2-3H3/b21-5-. The molecule has 0 aliphatic carbocycles. The Kier molecular flexibility index (Phi) is 8.71. The number of nitrogens with zero attached hydrogens (tertiary/aromatic N) is 4. The Labute approximate surface area is 229 Å². The second kappa shape index (κ2) is 12.3. The van der Waals surface area contributed by atoms with Crippen LogP contribution in [0.5, 0.6) is 5.88 Å². The van der Waals surface area contributed by atoms with Gasteiger partial charge in [-0.1, -0.05) is 36.4 Å². The Morgan fingerprint density at radius 1 is 1.18 bits per heavy atom. The normalized spacial score (nSPS) is 11.3. The summed E-state index contributed by atoms with van der Waals surface area (Å²) in [6, 6.07) is 14.8. The highest BCUT2D eigenvalue weighted by atomic mass is 35.5. The van der Waals surface area contributed by atoms with Crippen molar-refractivity contribution in [3.05, 3.63) is 101 Å². The molecule has 4 rings (SSSR count). The number of pyridine rings is 1. The molecule has 0 amide bonds. The number of aromatic nitrogens is 3. The molecule has 0 spiro atoms. The molecule has 0 aliphatic rings. The van der Waals surface area contributed by atoms with E-state index < -0.39 is 11.8 Å². The molecule has 0 atom stereocenters. The number of carbonyl (C=O) groups excluding carboxylic acids is 1. The second-order valence-electron chi connectivity index (χ2n) is 8.31. The molecule has 8 nitrogen and oxygen atoms in total. The van der Waals surface area contributed by atoms with E-state index in [0.717, 1.165) is 5.52 Å². The summed E-state index contributed by atoms with van der Waals surface area (Å²) in [5.41, 5.74) is 2.93. The monoisotopic (exact) mass is 546 g/mol. The maximum Gasteiger partial charge on any atom is 0.337 e. The van der Waals surface area contributed by atoms with Gasteiger partial charge in [0.1, 0.15) is 17.7 Å². The summed E-state index contributed by atoms with van der Waals surface area (Å²) in [5.74, 6) is -0.183. The highest BCUT2D eigenvalue weighted by molar-refractivity contribution is 6.33. The van der Waals surface area contributed by atoms with Crippen molar-refractivity contribution in [2.75, 3.05) is 20.8 Å². The second-order valence-corrected chi connectivity index (χ2v) is 8.72. The first-order valence-corrected chi connectivity index (χ1v) is 12.2. The molecule has 2 aromatic carbocycles. The number of halogens is 2. The van der Waals surface area contributed by atoms with Crippen molar-refractivity contribution >= 4 is 28.6 Å². The van der Waals surface area contributed by atoms with E-state index in [9.17, 15) is 10.1 Å². The minimum absolute atomic E-state index is 0.00219. The molecule has 0 unspecified atom stereocenters. The number of imidazole rings is 1. The Bertz CT molecular complexity index is 1620. The summed E-state index contributed by atoms with van der Waals surface area (Å²) in [6.45, 7) is 4.41. The summed E-state index contributed by atoms with van der Waals surface area (Å²) in [7, 11) is 2.91. The Morgan fingerprint density at radius 2 is 2.00 bits per heavy atom. The van der Waals surface area contributed by atoms with Crippen LogP contribution in [0.2, 0.25) is 5.02 Å². The van der Waals surface area contributed by atoms with E-state index in [1.165, 1.54) is 31.4 Å². The van der Waals surface area contributed by atoms with Gasteiger partial charge in [-0.15, -0.1) is 0 Å². The predicted octanol–water partition coefficient (Wildman–Crippen LogP) is 5.89. The lowest BCUT2D eigenvalue weighted by Gasteiger charge is -2.11. The van der Waals surface area contributed by atoms with E-state index in [1.807, 2.05) is 10.6 Å². The van der Waals surface area contributed by atoms with Crippen LogP contribution in [0, 0.1) is 17.1 Å². The number of fused-ring (bicyclic) bond motifs is 1. The molecule has 198 valence electrons. The maximum absolute atomic E-state index is 15.4. The number of ether oxygens (including phenoxy) is 3. The third-order valence-corrected chi connectivity index (χ3v) is 6.16. The molecular weight excluding hydrogens is 523 g/mol. The quantitative estimate of drug-likeness (QED) is 0.106. The fourth-order valence-corrected chi connectivity index (χ4v) is 4.20. The molecule has 2 aromatic heterocycles. The molecule has 4 aromatic rings. The molecule has 0 saturated heterocycles. The molecule has 39 heavy (non-hydrogen) atoms. The highest BCUT2D eigenvalue weighted by Gasteiger charge is 2.17. The predicted molar refractivity (Wildman–Crippen MR) is 145 cm³/mol. The molecule has 0 saturated carbocycles. The van der Waals surface area contributed by atoms with Gasteiger partial charge >= 0.3 is 5.97 Å². The van der Waals surface area contributed by atoms with Gasteiger partial charge < -0.3 is 18.8 Å². The lowest BCUT2D eigenvalue weighted by atomic mass is 10.1. The zero-order valence-electron chi connectivity index (χ0n) is 21.3. The van der Waals surface area contributed by atoms with Gasteiger partial charge in [-0.3, -0.25) is 0 Å². The lowest BCUT2D eigenvalue weighted by Crippen LogP contribution is -2.10. The van der Waals surface area contributed by atoms with Crippen LogP contribution in [0.3, 0.4) is 0 Å². The first-order chi connectivity index (χ1) is 18.9. The third-order valence-electron chi connectivity index (χ3n) is 5.86. The Hall–Kier alpha value is -4.52. The number of hydrogen-bond acceptors (Lipinski definition) is 7. The number of allylic oxidation sites excluding steroid dienone is 3. The van der Waals surface area contributed by atoms with Gasteiger partial charge in [-0.2, -0.15) is 5.26 Å². The molecule has 0 fully saturated rings. The van der Waals surface area contributed by atoms with Crippen molar-refractivity contribution in [1.29, 1.82) is 5.26 Å². The van der Waals surface area contributed by atoms with Gasteiger partial charge in [0, 0.05) is 31.7 Å². The van der Waals surface area contributed by atoms with E-state index in [-0.39, 0.29) is 18.1 Å². The zero-order chi connectivity index (χ0) is 27.9. The summed E-state index contributed by atoms with van der Waals surface area (Å²) >= 11 is 6.35. The van der Waals surface area contributed by atoms with Crippen LogP contribution in [-0.2, 0) is 22.4 Å². The van der Waals surface area contributed by atoms with Crippen molar-refractivity contribution in [2.24, 2.45) is 0 Å². The lowest BCUT2D eigenvalue weighted by molar-refractivity contribution is 0.0601. The van der Waals surface area contributed by atoms with Crippen LogP contribution in [0.1, 0.15) is 21.7 Å². The van der Waals surface area contributed by atoms with Crippen LogP contribution >= 0.6 is 11.6 Å². The first-order valence-electron chi connectivity index (χ1n) is 11.8. The topological polar surface area (TPSA) is 99.3 Å². The van der Waals surface area contributed by atoms with Gasteiger partial charge in [-0.05, 0) is 42.0 Å². The molecule has 0 N–H and O–H groups in total. The number of methoxy groups -OCH3 is 2.